The van der Waals surface area contributed by atoms with Gasteiger partial charge in [-0.2, -0.15) is 0 Å². The van der Waals surface area contributed by atoms with E-state index in [4.69, 9.17) is 15.2 Å². The number of pyridine rings is 1. The predicted octanol–water partition coefficient (Wildman–Crippen LogP) is 8.78. The number of unbranched alkanes of at least 4 members (excludes halogenated alkanes) is 11. The second-order valence-corrected chi connectivity index (χ2v) is 13.6. The Morgan fingerprint density at radius 3 is 2.35 bits per heavy atom. The van der Waals surface area contributed by atoms with Crippen molar-refractivity contribution in [3.63, 3.8) is 0 Å². The molecule has 0 unspecified atom stereocenters. The third kappa shape index (κ3) is 10.4. The summed E-state index contributed by atoms with van der Waals surface area (Å²) in [7, 11) is 1.63. The van der Waals surface area contributed by atoms with E-state index in [1.54, 1.807) is 13.3 Å². The van der Waals surface area contributed by atoms with E-state index in [1.807, 2.05) is 24.3 Å². The van der Waals surface area contributed by atoms with Crippen molar-refractivity contribution in [2.75, 3.05) is 24.4 Å². The molecule has 0 aliphatic carbocycles. The molecule has 2 heterocycles. The van der Waals surface area contributed by atoms with Crippen molar-refractivity contribution in [1.82, 2.24) is 4.98 Å². The largest absolute Gasteiger partial charge is 0.508 e. The van der Waals surface area contributed by atoms with Gasteiger partial charge in [0.2, 0.25) is 0 Å². The Morgan fingerprint density at radius 1 is 0.980 bits per heavy atom. The number of phenolic OH excluding ortho intramolecular Hbond substituents is 1. The van der Waals surface area contributed by atoms with E-state index in [0.717, 1.165) is 60.0 Å². The van der Waals surface area contributed by atoms with Crippen LogP contribution in [0, 0.1) is 6.92 Å². The maximum Gasteiger partial charge on any atom is 0.262 e. The summed E-state index contributed by atoms with van der Waals surface area (Å²) in [5.74, 6) is 0.378. The second kappa shape index (κ2) is 18.4. The molecule has 0 spiro atoms. The molecule has 0 fully saturated rings. The summed E-state index contributed by atoms with van der Waals surface area (Å²) in [6.07, 6.45) is 16.4. The number of carbonyl (C=O) groups is 2. The maximum absolute atomic E-state index is 12.4. The van der Waals surface area contributed by atoms with E-state index in [2.05, 4.69) is 34.7 Å². The van der Waals surface area contributed by atoms with Crippen molar-refractivity contribution in [3.8, 4) is 17.2 Å². The third-order valence-corrected chi connectivity index (χ3v) is 9.60. The van der Waals surface area contributed by atoms with Gasteiger partial charge >= 0.3 is 0 Å². The summed E-state index contributed by atoms with van der Waals surface area (Å²) in [5, 5.41) is 27.7. The number of aryl methyl sites for hydroxylation is 2. The Morgan fingerprint density at radius 2 is 1.67 bits per heavy atom. The molecule has 5 rings (SSSR count). The maximum atomic E-state index is 12.4. The number of amides is 2. The number of primary amides is 1. The molecule has 10 nitrogen and oxygen atoms in total. The van der Waals surface area contributed by atoms with Crippen molar-refractivity contribution in [1.29, 1.82) is 0 Å². The molecule has 3 aromatic carbocycles. The highest BCUT2D eigenvalue weighted by molar-refractivity contribution is 6.08. The number of aromatic nitrogens is 1. The first kappa shape index (κ1) is 37.4. The molecule has 51 heavy (non-hydrogen) atoms. The van der Waals surface area contributed by atoms with E-state index in [9.17, 15) is 19.8 Å². The van der Waals surface area contributed by atoms with E-state index < -0.39 is 12.0 Å². The van der Waals surface area contributed by atoms with Crippen LogP contribution in [0.2, 0.25) is 0 Å². The number of fused-ring (bicyclic) bond motifs is 2. The van der Waals surface area contributed by atoms with Crippen LogP contribution in [0.3, 0.4) is 0 Å². The number of phenols is 1. The first-order chi connectivity index (χ1) is 24.7. The van der Waals surface area contributed by atoms with Gasteiger partial charge in [0.05, 0.1) is 35.7 Å². The smallest absolute Gasteiger partial charge is 0.262 e. The quantitative estimate of drug-likeness (QED) is 0.0574. The van der Waals surface area contributed by atoms with Gasteiger partial charge in [-0.3, -0.25) is 14.6 Å². The Hall–Kier alpha value is -4.83. The molecule has 0 saturated heterocycles. The lowest BCUT2D eigenvalue weighted by Crippen LogP contribution is -2.26. The first-order valence-electron chi connectivity index (χ1n) is 18.3. The third-order valence-electron chi connectivity index (χ3n) is 9.60. The summed E-state index contributed by atoms with van der Waals surface area (Å²) < 4.78 is 10.9. The minimum atomic E-state index is -0.744. The van der Waals surface area contributed by atoms with Crippen LogP contribution in [0.4, 0.5) is 17.1 Å². The van der Waals surface area contributed by atoms with Crippen LogP contribution in [0.1, 0.15) is 117 Å². The molecule has 4 aromatic rings. The van der Waals surface area contributed by atoms with Gasteiger partial charge in [-0.25, -0.2) is 0 Å². The van der Waals surface area contributed by atoms with E-state index in [-0.39, 0.29) is 18.3 Å². The second-order valence-electron chi connectivity index (χ2n) is 13.6. The molecule has 1 aromatic heterocycles. The van der Waals surface area contributed by atoms with Crippen molar-refractivity contribution in [2.24, 2.45) is 5.73 Å². The van der Waals surface area contributed by atoms with Gasteiger partial charge < -0.3 is 36.1 Å². The normalized spacial score (nSPS) is 13.0. The standard InChI is InChI=1S/C41H52N4O6/c1-27-20-28(21-33-38(27)43-25-34(41(42)49)39(33)44-29-17-15-18-31(22-29)50-2)16-13-11-9-7-5-3-4-6-8-10-12-14-19-36(47)32-23-30(46)24-35-40(32)51-26-37(48)45-35/h15,17-18,20-25,36,46-47H,3-14,16,19,26H2,1-2H3,(H2,42,49)(H,43,44)(H,45,48)/t36-/m0/s1. The molecule has 0 radical (unpaired) electrons. The highest BCUT2D eigenvalue weighted by Gasteiger charge is 2.24. The number of hydrogen-bond acceptors (Lipinski definition) is 8. The minimum absolute atomic E-state index is 0.00114. The number of aromatic hydroxyl groups is 1. The number of methoxy groups -OCH3 is 1. The number of rotatable bonds is 20. The predicted molar refractivity (Wildman–Crippen MR) is 202 cm³/mol. The molecule has 2 amide bonds. The van der Waals surface area contributed by atoms with Gasteiger partial charge in [0, 0.05) is 35.0 Å². The van der Waals surface area contributed by atoms with Crippen molar-refractivity contribution in [2.45, 2.75) is 103 Å². The zero-order valence-electron chi connectivity index (χ0n) is 29.9. The van der Waals surface area contributed by atoms with Crippen LogP contribution >= 0.6 is 0 Å². The van der Waals surface area contributed by atoms with Crippen LogP contribution in [-0.2, 0) is 11.2 Å². The summed E-state index contributed by atoms with van der Waals surface area (Å²) in [4.78, 5) is 28.5. The number of hydrogen-bond donors (Lipinski definition) is 5. The van der Waals surface area contributed by atoms with Gasteiger partial charge in [-0.15, -0.1) is 0 Å². The van der Waals surface area contributed by atoms with Crippen molar-refractivity contribution >= 4 is 39.8 Å². The molecule has 10 heteroatoms. The fraction of sp³-hybridized carbons (Fsp3) is 0.439. The Balaban J connectivity index is 0.967. The monoisotopic (exact) mass is 696 g/mol. The Bertz CT molecular complexity index is 1810. The van der Waals surface area contributed by atoms with E-state index in [0.29, 0.717) is 34.7 Å². The molecule has 272 valence electrons. The zero-order valence-corrected chi connectivity index (χ0v) is 29.9. The lowest BCUT2D eigenvalue weighted by Gasteiger charge is -2.23. The number of carbonyl (C=O) groups excluding carboxylic acids is 2. The number of benzene rings is 3. The molecule has 1 atom stereocenters. The SMILES string of the molecule is COc1cccc(Nc2c(C(N)=O)cnc3c(C)cc(CCCCCCCCCCCCCC[C@H](O)c4cc(O)cc5c4OCC(=O)N5)cc23)c1. The number of nitrogens with one attached hydrogen (secondary N) is 2. The summed E-state index contributed by atoms with van der Waals surface area (Å²) in [6, 6.07) is 14.9. The fourth-order valence-corrected chi connectivity index (χ4v) is 6.92. The highest BCUT2D eigenvalue weighted by atomic mass is 16.5. The number of nitrogens with zero attached hydrogens (tertiary/aromatic N) is 1. The van der Waals surface area contributed by atoms with Crippen LogP contribution in [-0.4, -0.2) is 40.7 Å². The van der Waals surface area contributed by atoms with Crippen LogP contribution < -0.4 is 25.8 Å². The highest BCUT2D eigenvalue weighted by Crippen LogP contribution is 2.40. The molecule has 1 aliphatic rings. The van der Waals surface area contributed by atoms with Crippen LogP contribution in [0.5, 0.6) is 17.2 Å². The average molecular weight is 697 g/mol. The van der Waals surface area contributed by atoms with E-state index in [1.165, 1.54) is 69.1 Å². The lowest BCUT2D eigenvalue weighted by molar-refractivity contribution is -0.118. The van der Waals surface area contributed by atoms with Gasteiger partial charge in [-0.05, 0) is 61.6 Å². The molecular formula is C41H52N4O6. The molecule has 1 aliphatic heterocycles. The first-order valence-corrected chi connectivity index (χ1v) is 18.3. The number of aliphatic hydroxyl groups is 1. The molecule has 0 saturated carbocycles. The zero-order chi connectivity index (χ0) is 36.2. The molecular weight excluding hydrogens is 644 g/mol. The van der Waals surface area contributed by atoms with Gasteiger partial charge in [0.25, 0.3) is 11.8 Å². The average Bonchev–Trinajstić information content (AvgIpc) is 3.11. The topological polar surface area (TPSA) is 156 Å². The summed E-state index contributed by atoms with van der Waals surface area (Å²) in [5.41, 5.74) is 11.7. The summed E-state index contributed by atoms with van der Waals surface area (Å²) >= 11 is 0. The summed E-state index contributed by atoms with van der Waals surface area (Å²) in [6.45, 7) is 1.97. The number of anilines is 3. The van der Waals surface area contributed by atoms with Crippen LogP contribution in [0.15, 0.2) is 54.7 Å². The van der Waals surface area contributed by atoms with Crippen molar-refractivity contribution in [3.05, 3.63) is 77.0 Å². The Kier molecular flexibility index (Phi) is 13.5. The van der Waals surface area contributed by atoms with E-state index >= 15 is 0 Å². The minimum Gasteiger partial charge on any atom is -0.508 e. The number of nitrogens with two attached hydrogens (primary N) is 1. The Labute approximate surface area is 300 Å². The van der Waals surface area contributed by atoms with Gasteiger partial charge in [-0.1, -0.05) is 82.8 Å². The number of ether oxygens (including phenoxy) is 2. The van der Waals surface area contributed by atoms with Crippen molar-refractivity contribution < 1.29 is 29.3 Å². The number of aliphatic hydroxyl groups excluding tert-OH is 1. The van der Waals surface area contributed by atoms with Gasteiger partial charge in [0.1, 0.15) is 17.2 Å². The fourth-order valence-electron chi connectivity index (χ4n) is 6.92. The lowest BCUT2D eigenvalue weighted by atomic mass is 9.98. The van der Waals surface area contributed by atoms with Crippen LogP contribution in [0.25, 0.3) is 10.9 Å². The molecule has 0 bridgehead atoms. The van der Waals surface area contributed by atoms with Gasteiger partial charge in [0.15, 0.2) is 6.61 Å². The molecule has 6 N–H and O–H groups in total.